The molecule has 0 saturated carbocycles. The zero-order valence-corrected chi connectivity index (χ0v) is 18.2. The van der Waals surface area contributed by atoms with E-state index in [-0.39, 0.29) is 24.5 Å². The van der Waals surface area contributed by atoms with Gasteiger partial charge in [-0.15, -0.1) is 11.3 Å². The summed E-state index contributed by atoms with van der Waals surface area (Å²) in [6.45, 7) is 6.54. The van der Waals surface area contributed by atoms with E-state index < -0.39 is 18.5 Å². The Bertz CT molecular complexity index is 901. The summed E-state index contributed by atoms with van der Waals surface area (Å²) >= 11 is 1.38. The molecular formula is C22H26N2O5S. The molecule has 1 N–H and O–H groups in total. The van der Waals surface area contributed by atoms with Crippen LogP contribution in [0.25, 0.3) is 0 Å². The van der Waals surface area contributed by atoms with Gasteiger partial charge in [-0.25, -0.2) is 0 Å². The van der Waals surface area contributed by atoms with Crippen LogP contribution >= 0.6 is 11.3 Å². The van der Waals surface area contributed by atoms with Crippen LogP contribution < -0.4 is 5.32 Å². The second kappa shape index (κ2) is 11.3. The topological polar surface area (TPSA) is 92.8 Å². The smallest absolute Gasteiger partial charge is 0.306 e. The summed E-state index contributed by atoms with van der Waals surface area (Å²) in [6.07, 6.45) is -0.0341. The van der Waals surface area contributed by atoms with Crippen molar-refractivity contribution in [3.63, 3.8) is 0 Å². The second-order valence-corrected chi connectivity index (χ2v) is 7.89. The molecule has 8 heteroatoms. The van der Waals surface area contributed by atoms with E-state index in [1.807, 2.05) is 26.8 Å². The Kier molecular flexibility index (Phi) is 8.73. The highest BCUT2D eigenvalue weighted by Gasteiger charge is 2.14. The first kappa shape index (κ1) is 23.3. The van der Waals surface area contributed by atoms with Gasteiger partial charge in [0.15, 0.2) is 12.4 Å². The van der Waals surface area contributed by atoms with E-state index in [2.05, 4.69) is 5.32 Å². The molecule has 0 atom stereocenters. The minimum absolute atomic E-state index is 0.0441. The van der Waals surface area contributed by atoms with Crippen molar-refractivity contribution >= 4 is 40.6 Å². The minimum Gasteiger partial charge on any atom is -0.456 e. The summed E-state index contributed by atoms with van der Waals surface area (Å²) in [5.41, 5.74) is 1.03. The Balaban J connectivity index is 1.75. The molecule has 0 spiro atoms. The van der Waals surface area contributed by atoms with Gasteiger partial charge >= 0.3 is 5.97 Å². The summed E-state index contributed by atoms with van der Waals surface area (Å²) in [7, 11) is 0. The van der Waals surface area contributed by atoms with Crippen LogP contribution in [0.5, 0.6) is 0 Å². The number of hydrogen-bond donors (Lipinski definition) is 1. The molecule has 0 aliphatic carbocycles. The highest BCUT2D eigenvalue weighted by Crippen LogP contribution is 2.17. The first-order valence-corrected chi connectivity index (χ1v) is 10.6. The van der Waals surface area contributed by atoms with Gasteiger partial charge in [0, 0.05) is 35.6 Å². The molecule has 30 heavy (non-hydrogen) atoms. The molecule has 7 nitrogen and oxygen atoms in total. The van der Waals surface area contributed by atoms with E-state index in [9.17, 15) is 19.2 Å². The van der Waals surface area contributed by atoms with Gasteiger partial charge in [-0.05, 0) is 57.2 Å². The van der Waals surface area contributed by atoms with Crippen molar-refractivity contribution in [1.82, 2.24) is 4.90 Å². The number of nitrogens with zero attached hydrogens (tertiary/aromatic N) is 1. The van der Waals surface area contributed by atoms with Gasteiger partial charge in [0.2, 0.25) is 0 Å². The molecule has 0 unspecified atom stereocenters. The molecule has 2 amide bonds. The fourth-order valence-corrected chi connectivity index (χ4v) is 3.56. The largest absolute Gasteiger partial charge is 0.456 e. The normalized spacial score (nSPS) is 10.4. The van der Waals surface area contributed by atoms with Gasteiger partial charge in [-0.1, -0.05) is 0 Å². The maximum Gasteiger partial charge on any atom is 0.306 e. The Hall–Kier alpha value is -3.00. The molecule has 1 aromatic heterocycles. The average molecular weight is 431 g/mol. The van der Waals surface area contributed by atoms with Crippen LogP contribution in [0.2, 0.25) is 0 Å². The molecule has 1 aromatic carbocycles. The first-order valence-electron chi connectivity index (χ1n) is 9.78. The average Bonchev–Trinajstić information content (AvgIpc) is 3.18. The monoisotopic (exact) mass is 430 g/mol. The van der Waals surface area contributed by atoms with E-state index in [0.29, 0.717) is 29.2 Å². The number of amides is 2. The zero-order valence-electron chi connectivity index (χ0n) is 17.4. The van der Waals surface area contributed by atoms with Crippen molar-refractivity contribution in [3.8, 4) is 0 Å². The number of ketones is 1. The van der Waals surface area contributed by atoms with Crippen molar-refractivity contribution in [3.05, 3.63) is 51.7 Å². The van der Waals surface area contributed by atoms with Crippen molar-refractivity contribution in [2.45, 2.75) is 33.6 Å². The molecule has 0 fully saturated rings. The SMILES string of the molecule is CCN(CC)C(=O)c1ccc(NC(=O)COC(=O)CCC(=O)c2ccc(C)s2)cc1. The lowest BCUT2D eigenvalue weighted by atomic mass is 10.2. The number of Topliss-reactive ketones (excluding diaryl/α,β-unsaturated/α-hetero) is 1. The number of esters is 1. The van der Waals surface area contributed by atoms with Gasteiger partial charge in [-0.2, -0.15) is 0 Å². The van der Waals surface area contributed by atoms with Crippen LogP contribution in [0.4, 0.5) is 5.69 Å². The number of carbonyl (C=O) groups excluding carboxylic acids is 4. The highest BCUT2D eigenvalue weighted by atomic mass is 32.1. The van der Waals surface area contributed by atoms with Crippen molar-refractivity contribution < 1.29 is 23.9 Å². The number of carbonyl (C=O) groups is 4. The Morgan fingerprint density at radius 1 is 0.967 bits per heavy atom. The quantitative estimate of drug-likeness (QED) is 0.458. The summed E-state index contributed by atoms with van der Waals surface area (Å²) in [6, 6.07) is 10.1. The fourth-order valence-electron chi connectivity index (χ4n) is 2.73. The van der Waals surface area contributed by atoms with E-state index in [1.165, 1.54) is 11.3 Å². The van der Waals surface area contributed by atoms with Gasteiger partial charge in [0.05, 0.1) is 11.3 Å². The van der Waals surface area contributed by atoms with Gasteiger partial charge in [0.25, 0.3) is 11.8 Å². The molecule has 0 saturated heterocycles. The van der Waals surface area contributed by atoms with Crippen LogP contribution in [-0.4, -0.2) is 48.2 Å². The van der Waals surface area contributed by atoms with Crippen molar-refractivity contribution in [2.75, 3.05) is 25.0 Å². The summed E-state index contributed by atoms with van der Waals surface area (Å²) in [5.74, 6) is -1.29. The maximum absolute atomic E-state index is 12.3. The fraction of sp³-hybridized carbons (Fsp3) is 0.364. The van der Waals surface area contributed by atoms with Crippen LogP contribution in [0.3, 0.4) is 0 Å². The van der Waals surface area contributed by atoms with Gasteiger partial charge < -0.3 is 15.0 Å². The maximum atomic E-state index is 12.3. The van der Waals surface area contributed by atoms with Crippen LogP contribution in [-0.2, 0) is 14.3 Å². The summed E-state index contributed by atoms with van der Waals surface area (Å²) in [4.78, 5) is 51.4. The molecule has 2 aromatic rings. The lowest BCUT2D eigenvalue weighted by Gasteiger charge is -2.18. The van der Waals surface area contributed by atoms with E-state index in [1.54, 1.807) is 35.2 Å². The number of aryl methyl sites for hydroxylation is 1. The third kappa shape index (κ3) is 6.81. The number of anilines is 1. The lowest BCUT2D eigenvalue weighted by Crippen LogP contribution is -2.30. The first-order chi connectivity index (χ1) is 14.3. The Labute approximate surface area is 180 Å². The van der Waals surface area contributed by atoms with Gasteiger partial charge in [0.1, 0.15) is 0 Å². The van der Waals surface area contributed by atoms with Crippen molar-refractivity contribution in [1.29, 1.82) is 0 Å². The minimum atomic E-state index is -0.605. The van der Waals surface area contributed by atoms with Crippen molar-refractivity contribution in [2.24, 2.45) is 0 Å². The highest BCUT2D eigenvalue weighted by molar-refractivity contribution is 7.14. The van der Waals surface area contributed by atoms with Crippen LogP contribution in [0.1, 0.15) is 51.6 Å². The van der Waals surface area contributed by atoms with Gasteiger partial charge in [-0.3, -0.25) is 19.2 Å². The number of hydrogen-bond acceptors (Lipinski definition) is 6. The Morgan fingerprint density at radius 2 is 1.63 bits per heavy atom. The van der Waals surface area contributed by atoms with Crippen LogP contribution in [0.15, 0.2) is 36.4 Å². The predicted molar refractivity (Wildman–Crippen MR) is 116 cm³/mol. The lowest BCUT2D eigenvalue weighted by molar-refractivity contribution is -0.147. The predicted octanol–water partition coefficient (Wildman–Crippen LogP) is 3.68. The molecule has 160 valence electrons. The summed E-state index contributed by atoms with van der Waals surface area (Å²) in [5, 5.41) is 2.61. The third-order valence-electron chi connectivity index (χ3n) is 4.40. The molecular weight excluding hydrogens is 404 g/mol. The summed E-state index contributed by atoms with van der Waals surface area (Å²) < 4.78 is 4.93. The number of nitrogens with one attached hydrogen (secondary N) is 1. The second-order valence-electron chi connectivity index (χ2n) is 6.60. The zero-order chi connectivity index (χ0) is 22.1. The number of benzene rings is 1. The molecule has 2 rings (SSSR count). The number of rotatable bonds is 10. The molecule has 0 bridgehead atoms. The molecule has 0 aliphatic rings. The van der Waals surface area contributed by atoms with E-state index >= 15 is 0 Å². The number of thiophene rings is 1. The van der Waals surface area contributed by atoms with E-state index in [0.717, 1.165) is 4.88 Å². The Morgan fingerprint density at radius 3 is 2.20 bits per heavy atom. The molecule has 1 heterocycles. The number of ether oxygens (including phenoxy) is 1. The van der Waals surface area contributed by atoms with Crippen LogP contribution in [0, 0.1) is 6.92 Å². The third-order valence-corrected chi connectivity index (χ3v) is 5.44. The molecule has 0 radical (unpaired) electrons. The standard InChI is InChI=1S/C22H26N2O5S/c1-4-24(5-2)22(28)16-7-9-17(10-8-16)23-20(26)14-29-21(27)13-11-18(25)19-12-6-15(3)30-19/h6-10,12H,4-5,11,13-14H2,1-3H3,(H,23,26). The van der Waals surface area contributed by atoms with E-state index in [4.69, 9.17) is 4.74 Å². The molecule has 0 aliphatic heterocycles.